The quantitative estimate of drug-likeness (QED) is 0.271. The molecule has 0 radical (unpaired) electrons. The number of hydrogen-bond donors (Lipinski definition) is 2. The van der Waals surface area contributed by atoms with Gasteiger partial charge in [-0.3, -0.25) is 0 Å². The van der Waals surface area contributed by atoms with Gasteiger partial charge in [0.25, 0.3) is 0 Å². The molecule has 0 atom stereocenters. The number of aliphatic hydroxyl groups is 2. The molecular weight excluding hydrogens is 407 g/mol. The van der Waals surface area contributed by atoms with Crippen LogP contribution >= 0.6 is 0 Å². The Morgan fingerprint density at radius 3 is 2.00 bits per heavy atom. The summed E-state index contributed by atoms with van der Waals surface area (Å²) >= 11 is 0. The Bertz CT molecular complexity index is 940. The molecule has 2 aromatic carbocycles. The van der Waals surface area contributed by atoms with Crippen molar-refractivity contribution in [1.82, 2.24) is 0 Å². The van der Waals surface area contributed by atoms with E-state index >= 15 is 0 Å². The minimum atomic E-state index is -4.96. The van der Waals surface area contributed by atoms with Crippen molar-refractivity contribution < 1.29 is 93.6 Å². The first-order valence-corrected chi connectivity index (χ1v) is 8.78. The first kappa shape index (κ1) is 24.1. The van der Waals surface area contributed by atoms with Crippen molar-refractivity contribution in [2.45, 2.75) is 4.90 Å². The predicted octanol–water partition coefficient (Wildman–Crippen LogP) is -2.95. The standard InChI is InChI=1S/C16H16O9S.K/c17-3-5-24-15(19)11-2-1-10-7-12(16(20)25-6-4-18)9-14(13(10)8-11)26(21,22)23;/h1-2,7-9,17-18H,3-6H2,(H,21,22,23);/q;+1/p-1. The zero-order chi connectivity index (χ0) is 19.3. The molecule has 0 amide bonds. The fraction of sp³-hybridized carbons (Fsp3) is 0.250. The van der Waals surface area contributed by atoms with Crippen LogP contribution in [0, 0.1) is 0 Å². The van der Waals surface area contributed by atoms with Crippen LogP contribution in [-0.4, -0.2) is 61.5 Å². The van der Waals surface area contributed by atoms with Gasteiger partial charge in [-0.15, -0.1) is 0 Å². The van der Waals surface area contributed by atoms with Crippen LogP contribution in [0.3, 0.4) is 0 Å². The molecule has 2 N–H and O–H groups in total. The number of fused-ring (bicyclic) bond motifs is 1. The van der Waals surface area contributed by atoms with Gasteiger partial charge in [0.2, 0.25) is 0 Å². The molecule has 2 rings (SSSR count). The Morgan fingerprint density at radius 1 is 0.926 bits per heavy atom. The summed E-state index contributed by atoms with van der Waals surface area (Å²) in [5.74, 6) is -1.71. The monoisotopic (exact) mass is 422 g/mol. The van der Waals surface area contributed by atoms with Gasteiger partial charge in [-0.25, -0.2) is 18.0 Å². The van der Waals surface area contributed by atoms with Crippen molar-refractivity contribution in [3.05, 3.63) is 41.5 Å². The second-order valence-corrected chi connectivity index (χ2v) is 6.43. The Hall–Kier alpha value is -0.894. The van der Waals surface area contributed by atoms with E-state index in [1.165, 1.54) is 18.2 Å². The topological polar surface area (TPSA) is 150 Å². The van der Waals surface area contributed by atoms with Crippen LogP contribution in [-0.2, 0) is 19.6 Å². The minimum Gasteiger partial charge on any atom is -0.744 e. The molecule has 0 fully saturated rings. The molecule has 0 bridgehead atoms. The van der Waals surface area contributed by atoms with E-state index in [0.717, 1.165) is 12.1 Å². The van der Waals surface area contributed by atoms with Crippen molar-refractivity contribution in [2.75, 3.05) is 26.4 Å². The third-order valence-electron chi connectivity index (χ3n) is 3.31. The molecule has 0 aliphatic carbocycles. The zero-order valence-corrected chi connectivity index (χ0v) is 18.3. The summed E-state index contributed by atoms with van der Waals surface area (Å²) in [6.45, 7) is -1.31. The molecule has 0 aliphatic heterocycles. The summed E-state index contributed by atoms with van der Waals surface area (Å²) in [6.07, 6.45) is 0. The molecular formula is C16H15KO9S. The molecule has 140 valence electrons. The fourth-order valence-electron chi connectivity index (χ4n) is 2.22. The van der Waals surface area contributed by atoms with Crippen LogP contribution in [0.25, 0.3) is 10.8 Å². The molecule has 0 saturated carbocycles. The van der Waals surface area contributed by atoms with E-state index in [-0.39, 0.29) is 93.1 Å². The number of esters is 2. The summed E-state index contributed by atoms with van der Waals surface area (Å²) in [5, 5.41) is 17.5. The van der Waals surface area contributed by atoms with Gasteiger partial charge in [-0.05, 0) is 29.7 Å². The maximum absolute atomic E-state index is 11.9. The zero-order valence-electron chi connectivity index (χ0n) is 14.4. The van der Waals surface area contributed by atoms with E-state index in [9.17, 15) is 22.6 Å². The Morgan fingerprint density at radius 2 is 1.48 bits per heavy atom. The molecule has 0 saturated heterocycles. The minimum absolute atomic E-state index is 0. The van der Waals surface area contributed by atoms with Crippen LogP contribution in [0.4, 0.5) is 0 Å². The first-order valence-electron chi connectivity index (χ1n) is 7.37. The van der Waals surface area contributed by atoms with Crippen LogP contribution in [0.15, 0.2) is 35.2 Å². The molecule has 0 heterocycles. The van der Waals surface area contributed by atoms with E-state index in [4.69, 9.17) is 19.7 Å². The summed E-state index contributed by atoms with van der Waals surface area (Å²) in [4.78, 5) is 23.0. The maximum atomic E-state index is 11.9. The SMILES string of the molecule is O=C(OCCO)c1cc(S(=O)(=O)[O-])c2cc(C(=O)OCCO)ccc2c1.[K+]. The second-order valence-electron chi connectivity index (χ2n) is 5.08. The van der Waals surface area contributed by atoms with Gasteiger partial charge >= 0.3 is 63.3 Å². The molecule has 0 unspecified atom stereocenters. The van der Waals surface area contributed by atoms with Gasteiger partial charge < -0.3 is 24.2 Å². The second kappa shape index (κ2) is 10.6. The van der Waals surface area contributed by atoms with E-state index in [2.05, 4.69) is 0 Å². The van der Waals surface area contributed by atoms with Gasteiger partial charge in [-0.1, -0.05) is 6.07 Å². The normalized spacial score (nSPS) is 10.9. The molecule has 0 aliphatic rings. The molecule has 0 spiro atoms. The first-order chi connectivity index (χ1) is 12.3. The average Bonchev–Trinajstić information content (AvgIpc) is 2.61. The number of carbonyl (C=O) groups excluding carboxylic acids is 2. The van der Waals surface area contributed by atoms with Gasteiger partial charge in [-0.2, -0.15) is 0 Å². The van der Waals surface area contributed by atoms with Crippen molar-refractivity contribution in [2.24, 2.45) is 0 Å². The molecule has 11 heteroatoms. The molecule has 9 nitrogen and oxygen atoms in total. The van der Waals surface area contributed by atoms with Crippen LogP contribution in [0.2, 0.25) is 0 Å². The molecule has 27 heavy (non-hydrogen) atoms. The van der Waals surface area contributed by atoms with Crippen molar-refractivity contribution in [1.29, 1.82) is 0 Å². The van der Waals surface area contributed by atoms with Crippen molar-refractivity contribution in [3.63, 3.8) is 0 Å². The van der Waals surface area contributed by atoms with E-state index in [1.807, 2.05) is 0 Å². The molecule has 0 aromatic heterocycles. The summed E-state index contributed by atoms with van der Waals surface area (Å²) in [7, 11) is -4.96. The third-order valence-corrected chi connectivity index (χ3v) is 4.18. The van der Waals surface area contributed by atoms with E-state index in [1.54, 1.807) is 0 Å². The van der Waals surface area contributed by atoms with Gasteiger partial charge in [0.1, 0.15) is 23.3 Å². The largest absolute Gasteiger partial charge is 1.00 e. The number of ether oxygens (including phenoxy) is 2. The Kier molecular flexibility index (Phi) is 9.48. The van der Waals surface area contributed by atoms with E-state index < -0.39 is 33.6 Å². The summed E-state index contributed by atoms with van der Waals surface area (Å²) < 4.78 is 44.2. The summed E-state index contributed by atoms with van der Waals surface area (Å²) in [5.41, 5.74) is -0.206. The van der Waals surface area contributed by atoms with Crippen LogP contribution in [0.1, 0.15) is 20.7 Å². The smallest absolute Gasteiger partial charge is 0.744 e. The number of hydrogen-bond acceptors (Lipinski definition) is 9. The summed E-state index contributed by atoms with van der Waals surface area (Å²) in [6, 6.07) is 5.98. The number of benzene rings is 2. The number of rotatable bonds is 7. The Balaban J connectivity index is 0.00000364. The van der Waals surface area contributed by atoms with E-state index in [0.29, 0.717) is 0 Å². The fourth-order valence-corrected chi connectivity index (χ4v) is 2.94. The van der Waals surface area contributed by atoms with Crippen molar-refractivity contribution >= 4 is 32.8 Å². The predicted molar refractivity (Wildman–Crippen MR) is 86.6 cm³/mol. The van der Waals surface area contributed by atoms with Crippen LogP contribution < -0.4 is 51.4 Å². The average molecular weight is 422 g/mol. The maximum Gasteiger partial charge on any atom is 1.00 e. The third kappa shape index (κ3) is 6.31. The number of aliphatic hydroxyl groups excluding tert-OH is 2. The van der Waals surface area contributed by atoms with Crippen LogP contribution in [0.5, 0.6) is 0 Å². The van der Waals surface area contributed by atoms with Crippen molar-refractivity contribution in [3.8, 4) is 0 Å². The van der Waals surface area contributed by atoms with Gasteiger partial charge in [0.15, 0.2) is 0 Å². The van der Waals surface area contributed by atoms with Gasteiger partial charge in [0.05, 0.1) is 29.2 Å². The Labute approximate surface area is 197 Å². The van der Waals surface area contributed by atoms with Gasteiger partial charge in [0, 0.05) is 5.39 Å². The molecule has 2 aromatic rings. The number of carbonyl (C=O) groups is 2.